The highest BCUT2D eigenvalue weighted by molar-refractivity contribution is 5.77. The first kappa shape index (κ1) is 14.1. The third-order valence-electron chi connectivity index (χ3n) is 2.42. The van der Waals surface area contributed by atoms with Crippen molar-refractivity contribution in [3.63, 3.8) is 0 Å². The van der Waals surface area contributed by atoms with Crippen molar-refractivity contribution < 1.29 is 19.1 Å². The largest absolute Gasteiger partial charge is 0.480 e. The molecule has 0 aliphatic rings. The molecule has 0 aromatic heterocycles. The van der Waals surface area contributed by atoms with E-state index in [1.54, 1.807) is 12.1 Å². The molecule has 1 rings (SSSR count). The number of halogens is 1. The van der Waals surface area contributed by atoms with Gasteiger partial charge in [0.1, 0.15) is 11.9 Å². The molecule has 0 aliphatic heterocycles. The standard InChI is InChI=1S/C12H15FN2O3/c13-9-3-1-2-8(6-9)7-15-10(12(17)18)4-5-11(14)16/h1-3,6,10,15H,4-5,7H2,(H2,14,16)(H,17,18)/t10-/m0/s1. The van der Waals surface area contributed by atoms with Gasteiger partial charge in [-0.15, -0.1) is 0 Å². The van der Waals surface area contributed by atoms with E-state index in [-0.39, 0.29) is 25.2 Å². The van der Waals surface area contributed by atoms with Gasteiger partial charge in [-0.3, -0.25) is 9.59 Å². The van der Waals surface area contributed by atoms with Crippen LogP contribution in [0.4, 0.5) is 4.39 Å². The Morgan fingerprint density at radius 2 is 2.17 bits per heavy atom. The smallest absolute Gasteiger partial charge is 0.320 e. The Kier molecular flexibility index (Phi) is 5.26. The van der Waals surface area contributed by atoms with Crippen molar-refractivity contribution in [2.45, 2.75) is 25.4 Å². The number of carboxylic acids is 1. The maximum Gasteiger partial charge on any atom is 0.320 e. The van der Waals surface area contributed by atoms with E-state index < -0.39 is 17.9 Å². The van der Waals surface area contributed by atoms with E-state index in [0.29, 0.717) is 5.56 Å². The van der Waals surface area contributed by atoms with E-state index in [2.05, 4.69) is 5.32 Å². The molecule has 4 N–H and O–H groups in total. The van der Waals surface area contributed by atoms with Gasteiger partial charge in [0, 0.05) is 13.0 Å². The predicted molar refractivity (Wildman–Crippen MR) is 63.1 cm³/mol. The SMILES string of the molecule is NC(=O)CC[C@H](NCc1cccc(F)c1)C(=O)O. The van der Waals surface area contributed by atoms with E-state index in [1.165, 1.54) is 12.1 Å². The van der Waals surface area contributed by atoms with Crippen molar-refractivity contribution in [3.8, 4) is 0 Å². The molecule has 1 aromatic carbocycles. The van der Waals surface area contributed by atoms with Gasteiger partial charge in [0.25, 0.3) is 0 Å². The Hall–Kier alpha value is -1.95. The van der Waals surface area contributed by atoms with Crippen molar-refractivity contribution in [2.24, 2.45) is 5.73 Å². The van der Waals surface area contributed by atoms with Crippen LogP contribution in [-0.4, -0.2) is 23.0 Å². The molecule has 1 aromatic rings. The number of carboxylic acid groups (broad SMARTS) is 1. The Morgan fingerprint density at radius 3 is 2.72 bits per heavy atom. The van der Waals surface area contributed by atoms with Crippen molar-refractivity contribution >= 4 is 11.9 Å². The molecule has 5 nitrogen and oxygen atoms in total. The molecule has 1 atom stereocenters. The molecule has 0 saturated carbocycles. The topological polar surface area (TPSA) is 92.4 Å². The lowest BCUT2D eigenvalue weighted by Gasteiger charge is -2.13. The van der Waals surface area contributed by atoms with Gasteiger partial charge in [-0.1, -0.05) is 12.1 Å². The number of hydrogen-bond donors (Lipinski definition) is 3. The number of carbonyl (C=O) groups is 2. The van der Waals surface area contributed by atoms with Crippen LogP contribution in [0.1, 0.15) is 18.4 Å². The summed E-state index contributed by atoms with van der Waals surface area (Å²) in [7, 11) is 0. The third-order valence-corrected chi connectivity index (χ3v) is 2.42. The molecule has 18 heavy (non-hydrogen) atoms. The van der Waals surface area contributed by atoms with Crippen molar-refractivity contribution in [1.29, 1.82) is 0 Å². The van der Waals surface area contributed by atoms with Crippen LogP contribution < -0.4 is 11.1 Å². The second-order valence-electron chi connectivity index (χ2n) is 3.91. The van der Waals surface area contributed by atoms with Crippen LogP contribution in [0, 0.1) is 5.82 Å². The number of carbonyl (C=O) groups excluding carboxylic acids is 1. The molecule has 6 heteroatoms. The Bertz CT molecular complexity index is 437. The van der Waals surface area contributed by atoms with Crippen LogP contribution >= 0.6 is 0 Å². The van der Waals surface area contributed by atoms with E-state index >= 15 is 0 Å². The molecule has 0 saturated heterocycles. The van der Waals surface area contributed by atoms with E-state index in [9.17, 15) is 14.0 Å². The van der Waals surface area contributed by atoms with Crippen molar-refractivity contribution in [2.75, 3.05) is 0 Å². The Balaban J connectivity index is 2.51. The fourth-order valence-corrected chi connectivity index (χ4v) is 1.49. The number of amides is 1. The van der Waals surface area contributed by atoms with Gasteiger partial charge in [0.15, 0.2) is 0 Å². The first-order valence-electron chi connectivity index (χ1n) is 5.48. The minimum atomic E-state index is -1.06. The molecular formula is C12H15FN2O3. The van der Waals surface area contributed by atoms with Crippen molar-refractivity contribution in [1.82, 2.24) is 5.32 Å². The fourth-order valence-electron chi connectivity index (χ4n) is 1.49. The zero-order valence-electron chi connectivity index (χ0n) is 9.73. The van der Waals surface area contributed by atoms with Crippen LogP contribution in [0.2, 0.25) is 0 Å². The lowest BCUT2D eigenvalue weighted by atomic mass is 10.1. The lowest BCUT2D eigenvalue weighted by Crippen LogP contribution is -2.37. The summed E-state index contributed by atoms with van der Waals surface area (Å²) >= 11 is 0. The van der Waals surface area contributed by atoms with E-state index in [4.69, 9.17) is 10.8 Å². The molecular weight excluding hydrogens is 239 g/mol. The molecule has 0 bridgehead atoms. The van der Waals surface area contributed by atoms with E-state index in [1.807, 2.05) is 0 Å². The summed E-state index contributed by atoms with van der Waals surface area (Å²) in [6, 6.07) is 4.99. The number of nitrogens with one attached hydrogen (secondary N) is 1. The van der Waals surface area contributed by atoms with Gasteiger partial charge >= 0.3 is 5.97 Å². The summed E-state index contributed by atoms with van der Waals surface area (Å²) in [5.74, 6) is -1.99. The summed E-state index contributed by atoms with van der Waals surface area (Å²) in [5.41, 5.74) is 5.60. The minimum absolute atomic E-state index is 0.00683. The first-order chi connectivity index (χ1) is 8.49. The van der Waals surface area contributed by atoms with Crippen LogP contribution in [0.25, 0.3) is 0 Å². The number of aliphatic carboxylic acids is 1. The van der Waals surface area contributed by atoms with Gasteiger partial charge in [-0.05, 0) is 24.1 Å². The number of primary amides is 1. The summed E-state index contributed by atoms with van der Waals surface area (Å²) < 4.78 is 12.9. The maximum absolute atomic E-state index is 12.9. The summed E-state index contributed by atoms with van der Waals surface area (Å²) in [4.78, 5) is 21.5. The van der Waals surface area contributed by atoms with Gasteiger partial charge in [0.05, 0.1) is 0 Å². The predicted octanol–water partition coefficient (Wildman–Crippen LogP) is 0.634. The average molecular weight is 254 g/mol. The molecule has 0 heterocycles. The fraction of sp³-hybridized carbons (Fsp3) is 0.333. The lowest BCUT2D eigenvalue weighted by molar-refractivity contribution is -0.139. The van der Waals surface area contributed by atoms with Gasteiger partial charge < -0.3 is 16.2 Å². The van der Waals surface area contributed by atoms with E-state index in [0.717, 1.165) is 0 Å². The first-order valence-corrected chi connectivity index (χ1v) is 5.48. The third kappa shape index (κ3) is 4.92. The van der Waals surface area contributed by atoms with Crippen LogP contribution in [0.15, 0.2) is 24.3 Å². The van der Waals surface area contributed by atoms with Gasteiger partial charge in [0.2, 0.25) is 5.91 Å². The number of hydrogen-bond acceptors (Lipinski definition) is 3. The minimum Gasteiger partial charge on any atom is -0.480 e. The molecule has 1 amide bonds. The molecule has 0 radical (unpaired) electrons. The summed E-state index contributed by atoms with van der Waals surface area (Å²) in [6.45, 7) is 0.216. The van der Waals surface area contributed by atoms with Crippen LogP contribution in [0.3, 0.4) is 0 Å². The highest BCUT2D eigenvalue weighted by atomic mass is 19.1. The van der Waals surface area contributed by atoms with Crippen LogP contribution in [0.5, 0.6) is 0 Å². The molecule has 0 fully saturated rings. The Morgan fingerprint density at radius 1 is 1.44 bits per heavy atom. The molecule has 0 unspecified atom stereocenters. The Labute approximate surface area is 104 Å². The molecule has 0 aliphatic carbocycles. The molecule has 98 valence electrons. The number of rotatable bonds is 7. The van der Waals surface area contributed by atoms with Crippen molar-refractivity contribution in [3.05, 3.63) is 35.6 Å². The highest BCUT2D eigenvalue weighted by Crippen LogP contribution is 2.05. The molecule has 0 spiro atoms. The normalized spacial score (nSPS) is 12.1. The monoisotopic (exact) mass is 254 g/mol. The van der Waals surface area contributed by atoms with Crippen LogP contribution in [-0.2, 0) is 16.1 Å². The summed E-state index contributed by atoms with van der Waals surface area (Å²) in [5, 5.41) is 11.7. The number of benzene rings is 1. The maximum atomic E-state index is 12.9. The quantitative estimate of drug-likeness (QED) is 0.665. The second-order valence-corrected chi connectivity index (χ2v) is 3.91. The van der Waals surface area contributed by atoms with Gasteiger partial charge in [-0.2, -0.15) is 0 Å². The average Bonchev–Trinajstić information content (AvgIpc) is 2.28. The highest BCUT2D eigenvalue weighted by Gasteiger charge is 2.17. The second kappa shape index (κ2) is 6.70. The van der Waals surface area contributed by atoms with Gasteiger partial charge in [-0.25, -0.2) is 4.39 Å². The zero-order chi connectivity index (χ0) is 13.5. The number of nitrogens with two attached hydrogens (primary N) is 1. The zero-order valence-corrected chi connectivity index (χ0v) is 9.73. The summed E-state index contributed by atoms with van der Waals surface area (Å²) in [6.07, 6.45) is 0.104.